The van der Waals surface area contributed by atoms with Crippen LogP contribution in [0, 0.1) is 29.6 Å². The van der Waals surface area contributed by atoms with E-state index in [-0.39, 0.29) is 6.09 Å². The molecule has 0 unspecified atom stereocenters. The van der Waals surface area contributed by atoms with E-state index in [1.807, 2.05) is 17.0 Å². The molecule has 35 heavy (non-hydrogen) atoms. The Morgan fingerprint density at radius 1 is 0.943 bits per heavy atom. The molecule has 1 amide bonds. The number of piperidine rings is 1. The fourth-order valence-corrected chi connectivity index (χ4v) is 8.42. The lowest BCUT2D eigenvalue weighted by Gasteiger charge is -2.57. The molecule has 5 saturated carbocycles. The molecule has 1 aromatic carbocycles. The van der Waals surface area contributed by atoms with Crippen LogP contribution in [0.5, 0.6) is 5.75 Å². The number of benzene rings is 1. The lowest BCUT2D eigenvalue weighted by atomic mass is 9.53. The van der Waals surface area contributed by atoms with Crippen molar-refractivity contribution in [2.75, 3.05) is 13.1 Å². The maximum Gasteiger partial charge on any atom is 0.415 e. The Morgan fingerprint density at radius 2 is 1.63 bits per heavy atom. The highest BCUT2D eigenvalue weighted by Crippen LogP contribution is 2.64. The van der Waals surface area contributed by atoms with E-state index in [4.69, 9.17) is 19.2 Å². The van der Waals surface area contributed by atoms with Crippen molar-refractivity contribution in [1.82, 2.24) is 4.90 Å². The SMILES string of the molecule is CC1CCN(C(=O)Oc2ccc([C@@H]3CCC[C@]4(C3)OOC3(O4)C4CC5CC(C4)CC3C5)cc2)CC1. The molecule has 190 valence electrons. The second kappa shape index (κ2) is 8.46. The number of likely N-dealkylation sites (tertiary alicyclic amines) is 1. The van der Waals surface area contributed by atoms with Crippen molar-refractivity contribution in [2.45, 2.75) is 95.0 Å². The lowest BCUT2D eigenvalue weighted by molar-refractivity contribution is -0.390. The highest BCUT2D eigenvalue weighted by atomic mass is 17.3. The largest absolute Gasteiger partial charge is 0.415 e. The minimum absolute atomic E-state index is 0.230. The number of amides is 1. The van der Waals surface area contributed by atoms with Gasteiger partial charge >= 0.3 is 6.09 Å². The van der Waals surface area contributed by atoms with E-state index in [1.54, 1.807) is 0 Å². The van der Waals surface area contributed by atoms with Crippen LogP contribution in [0.2, 0.25) is 0 Å². The summed E-state index contributed by atoms with van der Waals surface area (Å²) in [6, 6.07) is 8.10. The van der Waals surface area contributed by atoms with Crippen LogP contribution < -0.4 is 4.74 Å². The first-order valence-electron chi connectivity index (χ1n) is 14.1. The topological polar surface area (TPSA) is 57.2 Å². The van der Waals surface area contributed by atoms with Crippen molar-refractivity contribution in [3.63, 3.8) is 0 Å². The highest BCUT2D eigenvalue weighted by molar-refractivity contribution is 5.70. The van der Waals surface area contributed by atoms with Gasteiger partial charge in [-0.1, -0.05) is 19.1 Å². The number of ether oxygens (including phenoxy) is 2. The molecule has 5 aliphatic carbocycles. The summed E-state index contributed by atoms with van der Waals surface area (Å²) in [5, 5.41) is 0. The average molecular weight is 482 g/mol. The Morgan fingerprint density at radius 3 is 2.31 bits per heavy atom. The predicted molar refractivity (Wildman–Crippen MR) is 129 cm³/mol. The van der Waals surface area contributed by atoms with Crippen molar-refractivity contribution < 1.29 is 24.0 Å². The molecule has 7 fully saturated rings. The zero-order chi connectivity index (χ0) is 23.6. The van der Waals surface area contributed by atoms with Gasteiger partial charge in [0, 0.05) is 37.8 Å². The number of hydrogen-bond acceptors (Lipinski definition) is 5. The molecule has 8 rings (SSSR count). The van der Waals surface area contributed by atoms with Gasteiger partial charge in [0.25, 0.3) is 0 Å². The number of hydrogen-bond donors (Lipinski definition) is 0. The Balaban J connectivity index is 1.01. The van der Waals surface area contributed by atoms with Gasteiger partial charge in [-0.05, 0) is 99.2 Å². The van der Waals surface area contributed by atoms with Gasteiger partial charge in [-0.3, -0.25) is 0 Å². The first-order chi connectivity index (χ1) is 17.0. The van der Waals surface area contributed by atoms with Crippen molar-refractivity contribution in [1.29, 1.82) is 0 Å². The monoisotopic (exact) mass is 481 g/mol. The Hall–Kier alpha value is -1.63. The molecule has 7 aliphatic rings. The van der Waals surface area contributed by atoms with Gasteiger partial charge in [-0.25, -0.2) is 4.79 Å². The summed E-state index contributed by atoms with van der Waals surface area (Å²) in [7, 11) is 0. The van der Waals surface area contributed by atoms with Crippen LogP contribution in [-0.2, 0) is 14.5 Å². The Bertz CT molecular complexity index is 926. The van der Waals surface area contributed by atoms with Crippen LogP contribution >= 0.6 is 0 Å². The molecule has 0 radical (unpaired) electrons. The first kappa shape index (κ1) is 22.6. The minimum Gasteiger partial charge on any atom is -0.410 e. The normalized spacial score (nSPS) is 42.8. The fourth-order valence-electron chi connectivity index (χ4n) is 8.42. The standard InChI is InChI=1S/C29H39NO5/c1-19-8-11-30(12-9-19)27(31)32-26-6-4-22(5-7-26)23-3-2-10-28(18-23)33-29(35-34-28)24-14-20-13-21(16-24)17-25(29)15-20/h4-7,19-21,23-25H,2-3,8-18H2,1H3/t20?,21?,23-,24?,25?,28-,29?/m1/s1. The molecular weight excluding hydrogens is 442 g/mol. The second-order valence-corrected chi connectivity index (χ2v) is 12.6. The van der Waals surface area contributed by atoms with Gasteiger partial charge in [0.15, 0.2) is 0 Å². The van der Waals surface area contributed by atoms with Gasteiger partial charge in [-0.2, -0.15) is 9.78 Å². The maximum absolute atomic E-state index is 12.5. The van der Waals surface area contributed by atoms with E-state index in [1.165, 1.54) is 37.7 Å². The van der Waals surface area contributed by atoms with E-state index >= 15 is 0 Å². The van der Waals surface area contributed by atoms with Crippen molar-refractivity contribution in [2.24, 2.45) is 29.6 Å². The van der Waals surface area contributed by atoms with Crippen LogP contribution in [0.4, 0.5) is 4.79 Å². The van der Waals surface area contributed by atoms with E-state index < -0.39 is 11.6 Å². The van der Waals surface area contributed by atoms with E-state index in [9.17, 15) is 4.79 Å². The molecule has 6 nitrogen and oxygen atoms in total. The van der Waals surface area contributed by atoms with Gasteiger partial charge < -0.3 is 14.4 Å². The van der Waals surface area contributed by atoms with E-state index in [2.05, 4.69) is 19.1 Å². The summed E-state index contributed by atoms with van der Waals surface area (Å²) in [5.41, 5.74) is 1.26. The number of rotatable bonds is 2. The minimum atomic E-state index is -0.616. The Kier molecular flexibility index (Phi) is 5.45. The van der Waals surface area contributed by atoms with Gasteiger partial charge in [0.2, 0.25) is 11.6 Å². The van der Waals surface area contributed by atoms with Gasteiger partial charge in [0.1, 0.15) is 5.75 Å². The number of carbonyl (C=O) groups is 1. The molecule has 2 atom stereocenters. The molecule has 2 spiro atoms. The summed E-state index contributed by atoms with van der Waals surface area (Å²) in [6.45, 7) is 3.82. The first-order valence-corrected chi connectivity index (χ1v) is 14.1. The molecular formula is C29H39NO5. The highest BCUT2D eigenvalue weighted by Gasteiger charge is 2.67. The van der Waals surface area contributed by atoms with Crippen LogP contribution in [0.1, 0.15) is 89.0 Å². The zero-order valence-corrected chi connectivity index (χ0v) is 21.0. The summed E-state index contributed by atoms with van der Waals surface area (Å²) < 4.78 is 12.6. The van der Waals surface area contributed by atoms with Crippen LogP contribution in [0.25, 0.3) is 0 Å². The zero-order valence-electron chi connectivity index (χ0n) is 21.0. The Labute approximate surface area is 208 Å². The molecule has 0 N–H and O–H groups in total. The maximum atomic E-state index is 12.5. The quantitative estimate of drug-likeness (QED) is 0.457. The molecule has 6 heteroatoms. The molecule has 1 aromatic rings. The van der Waals surface area contributed by atoms with Crippen molar-refractivity contribution in [3.05, 3.63) is 29.8 Å². The van der Waals surface area contributed by atoms with Crippen molar-refractivity contribution in [3.8, 4) is 5.75 Å². The van der Waals surface area contributed by atoms with Gasteiger partial charge in [-0.15, -0.1) is 0 Å². The molecule has 0 aromatic heterocycles. The third kappa shape index (κ3) is 3.91. The third-order valence-electron chi connectivity index (χ3n) is 10.2. The number of carbonyl (C=O) groups excluding carboxylic acids is 1. The second-order valence-electron chi connectivity index (χ2n) is 12.6. The average Bonchev–Trinajstić information content (AvgIpc) is 3.22. The van der Waals surface area contributed by atoms with Crippen LogP contribution in [0.15, 0.2) is 24.3 Å². The van der Waals surface area contributed by atoms with Gasteiger partial charge in [0.05, 0.1) is 0 Å². The smallest absolute Gasteiger partial charge is 0.410 e. The molecule has 2 aliphatic heterocycles. The van der Waals surface area contributed by atoms with Crippen LogP contribution in [-0.4, -0.2) is 35.7 Å². The summed E-state index contributed by atoms with van der Waals surface area (Å²) in [5.74, 6) is 3.28. The van der Waals surface area contributed by atoms with Crippen LogP contribution in [0.3, 0.4) is 0 Å². The fraction of sp³-hybridized carbons (Fsp3) is 0.759. The predicted octanol–water partition coefficient (Wildman–Crippen LogP) is 6.40. The third-order valence-corrected chi connectivity index (χ3v) is 10.2. The van der Waals surface area contributed by atoms with Crippen molar-refractivity contribution >= 4 is 6.09 Å². The van der Waals surface area contributed by atoms with E-state index in [0.29, 0.717) is 29.4 Å². The summed E-state index contributed by atoms with van der Waals surface area (Å²) in [6.07, 6.45) is 12.2. The number of nitrogens with zero attached hydrogens (tertiary/aromatic N) is 1. The van der Waals surface area contributed by atoms with E-state index in [0.717, 1.165) is 63.5 Å². The summed E-state index contributed by atoms with van der Waals surface area (Å²) >= 11 is 0. The molecule has 2 heterocycles. The molecule has 4 bridgehead atoms. The summed E-state index contributed by atoms with van der Waals surface area (Å²) in [4.78, 5) is 26.8. The molecule has 2 saturated heterocycles. The lowest BCUT2D eigenvalue weighted by Crippen LogP contribution is -2.59.